The number of rotatable bonds is 4. The quantitative estimate of drug-likeness (QED) is 0.902. The summed E-state index contributed by atoms with van der Waals surface area (Å²) in [5, 5.41) is 6.26. The number of hydrogen-bond acceptors (Lipinski definition) is 2. The van der Waals surface area contributed by atoms with Crippen molar-refractivity contribution >= 4 is 5.91 Å². The summed E-state index contributed by atoms with van der Waals surface area (Å²) in [6.07, 6.45) is 0. The third-order valence-electron chi connectivity index (χ3n) is 4.11. The Morgan fingerprint density at radius 1 is 1.29 bits per heavy atom. The van der Waals surface area contributed by atoms with E-state index in [2.05, 4.69) is 27.3 Å². The highest BCUT2D eigenvalue weighted by atomic mass is 16.1. The van der Waals surface area contributed by atoms with Gasteiger partial charge in [-0.2, -0.15) is 0 Å². The molecule has 0 unspecified atom stereocenters. The molecule has 2 heterocycles. The summed E-state index contributed by atoms with van der Waals surface area (Å²) in [5.41, 5.74) is 3.93. The summed E-state index contributed by atoms with van der Waals surface area (Å²) in [6, 6.07) is 12.1. The smallest absolute Gasteiger partial charge is 0.253 e. The maximum absolute atomic E-state index is 12.4. The molecule has 4 heteroatoms. The number of hydrogen-bond donors (Lipinski definition) is 2. The molecule has 0 spiro atoms. The summed E-state index contributed by atoms with van der Waals surface area (Å²) in [4.78, 5) is 12.4. The molecule has 0 saturated carbocycles. The Morgan fingerprint density at radius 2 is 2.00 bits per heavy atom. The van der Waals surface area contributed by atoms with Gasteiger partial charge in [0.25, 0.3) is 5.91 Å². The Hall–Kier alpha value is -2.07. The Morgan fingerprint density at radius 3 is 2.62 bits per heavy atom. The Kier molecular flexibility index (Phi) is 3.80. The normalized spacial score (nSPS) is 14.8. The molecule has 1 fully saturated rings. The van der Waals surface area contributed by atoms with E-state index in [1.807, 2.05) is 38.1 Å². The fourth-order valence-electron chi connectivity index (χ4n) is 2.79. The van der Waals surface area contributed by atoms with Gasteiger partial charge in [0.05, 0.1) is 5.56 Å². The molecule has 1 aliphatic rings. The standard InChI is InChI=1S/C17H21N3O/c1-12-8-16(17(21)19-11-14-9-18-10-14)13(2)20(12)15-6-4-3-5-7-15/h3-8,14,18H,9-11H2,1-2H3,(H,19,21). The number of nitrogens with zero attached hydrogens (tertiary/aromatic N) is 1. The molecule has 21 heavy (non-hydrogen) atoms. The van der Waals surface area contributed by atoms with Crippen LogP contribution in [-0.2, 0) is 0 Å². The van der Waals surface area contributed by atoms with Crippen LogP contribution in [0.25, 0.3) is 5.69 Å². The Balaban J connectivity index is 1.81. The van der Waals surface area contributed by atoms with E-state index in [4.69, 9.17) is 0 Å². The first-order valence-electron chi connectivity index (χ1n) is 7.40. The third kappa shape index (κ3) is 2.72. The molecule has 0 bridgehead atoms. The highest BCUT2D eigenvalue weighted by Crippen LogP contribution is 2.20. The maximum atomic E-state index is 12.4. The van der Waals surface area contributed by atoms with Gasteiger partial charge in [0.15, 0.2) is 0 Å². The highest BCUT2D eigenvalue weighted by molar-refractivity contribution is 5.95. The van der Waals surface area contributed by atoms with Gasteiger partial charge in [-0.05, 0) is 32.0 Å². The van der Waals surface area contributed by atoms with Crippen LogP contribution in [0.3, 0.4) is 0 Å². The molecule has 3 rings (SSSR count). The number of para-hydroxylation sites is 1. The highest BCUT2D eigenvalue weighted by Gasteiger charge is 2.20. The van der Waals surface area contributed by atoms with E-state index in [-0.39, 0.29) is 5.91 Å². The summed E-state index contributed by atoms with van der Waals surface area (Å²) in [6.45, 7) is 6.79. The van der Waals surface area contributed by atoms with Crippen molar-refractivity contribution in [2.45, 2.75) is 13.8 Å². The van der Waals surface area contributed by atoms with Crippen LogP contribution in [0.15, 0.2) is 36.4 Å². The van der Waals surface area contributed by atoms with Crippen LogP contribution in [0.1, 0.15) is 21.7 Å². The molecule has 1 aliphatic heterocycles. The lowest BCUT2D eigenvalue weighted by atomic mass is 10.0. The van der Waals surface area contributed by atoms with Crippen LogP contribution >= 0.6 is 0 Å². The predicted molar refractivity (Wildman–Crippen MR) is 83.9 cm³/mol. The lowest BCUT2D eigenvalue weighted by Crippen LogP contribution is -2.48. The number of aromatic nitrogens is 1. The summed E-state index contributed by atoms with van der Waals surface area (Å²) in [5.74, 6) is 0.601. The maximum Gasteiger partial charge on any atom is 0.253 e. The zero-order chi connectivity index (χ0) is 14.8. The van der Waals surface area contributed by atoms with Gasteiger partial charge in [0, 0.05) is 42.6 Å². The SMILES string of the molecule is Cc1cc(C(=O)NCC2CNC2)c(C)n1-c1ccccc1. The van der Waals surface area contributed by atoms with Gasteiger partial charge in [0.2, 0.25) is 0 Å². The monoisotopic (exact) mass is 283 g/mol. The minimum absolute atomic E-state index is 0.0252. The second-order valence-corrected chi connectivity index (χ2v) is 5.69. The average Bonchev–Trinajstić information content (AvgIpc) is 2.73. The number of aryl methyl sites for hydroxylation is 1. The fourth-order valence-corrected chi connectivity index (χ4v) is 2.79. The molecule has 0 radical (unpaired) electrons. The van der Waals surface area contributed by atoms with E-state index in [1.165, 1.54) is 0 Å². The van der Waals surface area contributed by atoms with Crippen molar-refractivity contribution in [3.63, 3.8) is 0 Å². The van der Waals surface area contributed by atoms with E-state index < -0.39 is 0 Å². The first-order chi connectivity index (χ1) is 10.2. The van der Waals surface area contributed by atoms with Crippen molar-refractivity contribution in [1.29, 1.82) is 0 Å². The van der Waals surface area contributed by atoms with Gasteiger partial charge in [-0.1, -0.05) is 18.2 Å². The van der Waals surface area contributed by atoms with Crippen LogP contribution in [-0.4, -0.2) is 30.1 Å². The molecule has 2 N–H and O–H groups in total. The first kappa shape index (κ1) is 13.9. The molecular formula is C17H21N3O. The van der Waals surface area contributed by atoms with Gasteiger partial charge in [0.1, 0.15) is 0 Å². The number of carbonyl (C=O) groups is 1. The van der Waals surface area contributed by atoms with Crippen molar-refractivity contribution in [2.24, 2.45) is 5.92 Å². The van der Waals surface area contributed by atoms with Crippen LogP contribution < -0.4 is 10.6 Å². The van der Waals surface area contributed by atoms with E-state index in [1.54, 1.807) is 0 Å². The molecular weight excluding hydrogens is 262 g/mol. The number of nitrogens with one attached hydrogen (secondary N) is 2. The Labute approximate surface area is 125 Å². The molecule has 4 nitrogen and oxygen atoms in total. The van der Waals surface area contributed by atoms with Crippen molar-refractivity contribution < 1.29 is 4.79 Å². The van der Waals surface area contributed by atoms with Gasteiger partial charge in [-0.3, -0.25) is 4.79 Å². The molecule has 0 atom stereocenters. The molecule has 1 aromatic carbocycles. The lowest BCUT2D eigenvalue weighted by Gasteiger charge is -2.27. The third-order valence-corrected chi connectivity index (χ3v) is 4.11. The lowest BCUT2D eigenvalue weighted by molar-refractivity contribution is 0.0941. The van der Waals surface area contributed by atoms with Crippen LogP contribution in [0, 0.1) is 19.8 Å². The number of benzene rings is 1. The largest absolute Gasteiger partial charge is 0.352 e. The fraction of sp³-hybridized carbons (Fsp3) is 0.353. The van der Waals surface area contributed by atoms with Gasteiger partial charge in [-0.25, -0.2) is 0 Å². The topological polar surface area (TPSA) is 46.1 Å². The van der Waals surface area contributed by atoms with Crippen molar-refractivity contribution in [3.8, 4) is 5.69 Å². The van der Waals surface area contributed by atoms with E-state index >= 15 is 0 Å². The number of carbonyl (C=O) groups excluding carboxylic acids is 1. The molecule has 1 aromatic heterocycles. The summed E-state index contributed by atoms with van der Waals surface area (Å²) >= 11 is 0. The molecule has 2 aromatic rings. The molecule has 110 valence electrons. The van der Waals surface area contributed by atoms with Crippen molar-refractivity contribution in [3.05, 3.63) is 53.3 Å². The van der Waals surface area contributed by atoms with Crippen molar-refractivity contribution in [1.82, 2.24) is 15.2 Å². The molecule has 1 amide bonds. The average molecular weight is 283 g/mol. The minimum atomic E-state index is 0.0252. The first-order valence-corrected chi connectivity index (χ1v) is 7.40. The van der Waals surface area contributed by atoms with Crippen molar-refractivity contribution in [2.75, 3.05) is 19.6 Å². The van der Waals surface area contributed by atoms with Gasteiger partial charge in [-0.15, -0.1) is 0 Å². The van der Waals surface area contributed by atoms with Crippen LogP contribution in [0.4, 0.5) is 0 Å². The van der Waals surface area contributed by atoms with E-state index in [0.717, 1.165) is 42.3 Å². The molecule has 1 saturated heterocycles. The van der Waals surface area contributed by atoms with Gasteiger partial charge < -0.3 is 15.2 Å². The zero-order valence-corrected chi connectivity index (χ0v) is 12.5. The van der Waals surface area contributed by atoms with E-state index in [9.17, 15) is 4.79 Å². The molecule has 0 aliphatic carbocycles. The number of amides is 1. The second kappa shape index (κ2) is 5.74. The summed E-state index contributed by atoms with van der Waals surface area (Å²) in [7, 11) is 0. The Bertz CT molecular complexity index is 642. The van der Waals surface area contributed by atoms with Crippen LogP contribution in [0.5, 0.6) is 0 Å². The minimum Gasteiger partial charge on any atom is -0.352 e. The van der Waals surface area contributed by atoms with Crippen LogP contribution in [0.2, 0.25) is 0 Å². The van der Waals surface area contributed by atoms with E-state index in [0.29, 0.717) is 5.92 Å². The second-order valence-electron chi connectivity index (χ2n) is 5.69. The zero-order valence-electron chi connectivity index (χ0n) is 12.5. The predicted octanol–water partition coefficient (Wildman–Crippen LogP) is 2.04. The summed E-state index contributed by atoms with van der Waals surface area (Å²) < 4.78 is 2.12. The van der Waals surface area contributed by atoms with Gasteiger partial charge >= 0.3 is 0 Å².